The van der Waals surface area contributed by atoms with E-state index in [1.807, 2.05) is 60.7 Å². The number of nitrogens with zero attached hydrogens (tertiary/aromatic N) is 4. The Labute approximate surface area is 291 Å². The average molecular weight is 669 g/mol. The van der Waals surface area contributed by atoms with Crippen LogP contribution in [0.1, 0.15) is 45.0 Å². The second kappa shape index (κ2) is 15.3. The molecule has 0 saturated carbocycles. The minimum absolute atomic E-state index is 0.103. The minimum Gasteiger partial charge on any atom is -0.497 e. The second-order valence-corrected chi connectivity index (χ2v) is 11.8. The third-order valence-electron chi connectivity index (χ3n) is 8.63. The van der Waals surface area contributed by atoms with Gasteiger partial charge in [-0.1, -0.05) is 42.5 Å². The summed E-state index contributed by atoms with van der Waals surface area (Å²) >= 11 is 0. The maximum absolute atomic E-state index is 14.1. The molecule has 2 heterocycles. The quantitative estimate of drug-likeness (QED) is 0.138. The van der Waals surface area contributed by atoms with Gasteiger partial charge in [0.15, 0.2) is 11.5 Å². The van der Waals surface area contributed by atoms with E-state index in [2.05, 4.69) is 11.1 Å². The van der Waals surface area contributed by atoms with Crippen LogP contribution in [0, 0.1) is 11.3 Å². The normalized spacial score (nSPS) is 13.8. The molecule has 0 radical (unpaired) electrons. The van der Waals surface area contributed by atoms with Gasteiger partial charge in [0.05, 0.1) is 26.9 Å². The van der Waals surface area contributed by atoms with Crippen LogP contribution >= 0.6 is 0 Å². The largest absolute Gasteiger partial charge is 0.497 e. The van der Waals surface area contributed by atoms with Crippen LogP contribution in [0.25, 0.3) is 0 Å². The molecule has 2 amide bonds. The number of hydrogen-bond acceptors (Lipinski definition) is 8. The number of carbonyl (C=O) groups excluding carboxylic acids is 2. The van der Waals surface area contributed by atoms with Crippen molar-refractivity contribution in [3.05, 3.63) is 137 Å². The first-order valence-corrected chi connectivity index (χ1v) is 16.1. The molecule has 1 aliphatic rings. The van der Waals surface area contributed by atoms with E-state index >= 15 is 0 Å². The van der Waals surface area contributed by atoms with Gasteiger partial charge < -0.3 is 23.8 Å². The van der Waals surface area contributed by atoms with Crippen molar-refractivity contribution in [1.82, 2.24) is 9.88 Å². The fraction of sp³-hybridized carbons (Fsp3) is 0.200. The molecule has 0 N–H and O–H groups in total. The Morgan fingerprint density at radius 1 is 0.820 bits per heavy atom. The van der Waals surface area contributed by atoms with Gasteiger partial charge in [-0.05, 0) is 77.4 Å². The molecule has 1 fully saturated rings. The van der Waals surface area contributed by atoms with Gasteiger partial charge in [0, 0.05) is 43.7 Å². The first-order valence-electron chi connectivity index (χ1n) is 16.1. The number of aromatic nitrogens is 1. The van der Waals surface area contributed by atoms with E-state index in [4.69, 9.17) is 18.9 Å². The number of para-hydroxylation sites is 1. The molecule has 1 saturated heterocycles. The van der Waals surface area contributed by atoms with Gasteiger partial charge in [-0.2, -0.15) is 5.26 Å². The first-order chi connectivity index (χ1) is 24.4. The van der Waals surface area contributed by atoms with E-state index in [0.717, 1.165) is 28.2 Å². The van der Waals surface area contributed by atoms with E-state index in [0.29, 0.717) is 53.8 Å². The second-order valence-electron chi connectivity index (χ2n) is 11.8. The number of anilines is 1. The van der Waals surface area contributed by atoms with E-state index in [1.54, 1.807) is 79.8 Å². The molecule has 252 valence electrons. The first kappa shape index (κ1) is 33.6. The van der Waals surface area contributed by atoms with Gasteiger partial charge in [0.25, 0.3) is 5.91 Å². The van der Waals surface area contributed by atoms with Gasteiger partial charge in [0.2, 0.25) is 5.91 Å². The van der Waals surface area contributed by atoms with Gasteiger partial charge in [-0.15, -0.1) is 0 Å². The third-order valence-corrected chi connectivity index (χ3v) is 8.63. The Balaban J connectivity index is 1.23. The molecular weight excluding hydrogens is 632 g/mol. The van der Waals surface area contributed by atoms with Gasteiger partial charge in [-0.3, -0.25) is 14.5 Å². The SMILES string of the molecule is COc1ccc(CN(Cc2ccc(OC)cc2)C(=O)c2ccnc(N3CC(c4ccc(OC)c(Oc5ccccc5C#N)c4)CC3=O)c2)cc1. The van der Waals surface area contributed by atoms with Crippen molar-refractivity contribution in [3.63, 3.8) is 0 Å². The van der Waals surface area contributed by atoms with E-state index in [1.165, 1.54) is 0 Å². The molecule has 0 bridgehead atoms. The maximum Gasteiger partial charge on any atom is 0.254 e. The zero-order valence-corrected chi connectivity index (χ0v) is 28.0. The Morgan fingerprint density at radius 3 is 2.10 bits per heavy atom. The predicted octanol–water partition coefficient (Wildman–Crippen LogP) is 7.13. The number of pyridine rings is 1. The Kier molecular flexibility index (Phi) is 10.2. The van der Waals surface area contributed by atoms with Crippen LogP contribution in [0.2, 0.25) is 0 Å². The van der Waals surface area contributed by atoms with Crippen LogP contribution in [0.5, 0.6) is 28.7 Å². The fourth-order valence-corrected chi connectivity index (χ4v) is 5.93. The number of methoxy groups -OCH3 is 3. The molecule has 4 aromatic carbocycles. The fourth-order valence-electron chi connectivity index (χ4n) is 5.93. The van der Waals surface area contributed by atoms with Gasteiger partial charge in [-0.25, -0.2) is 4.98 Å². The van der Waals surface area contributed by atoms with E-state index < -0.39 is 0 Å². The number of rotatable bonds is 12. The summed E-state index contributed by atoms with van der Waals surface area (Å²) in [7, 11) is 4.78. The third kappa shape index (κ3) is 7.53. The van der Waals surface area contributed by atoms with Crippen LogP contribution in [-0.4, -0.2) is 49.6 Å². The summed E-state index contributed by atoms with van der Waals surface area (Å²) in [5, 5.41) is 9.53. The number of ether oxygens (including phenoxy) is 4. The molecule has 1 aliphatic heterocycles. The summed E-state index contributed by atoms with van der Waals surface area (Å²) in [6.45, 7) is 1.08. The lowest BCUT2D eigenvalue weighted by molar-refractivity contribution is -0.117. The van der Waals surface area contributed by atoms with Crippen molar-refractivity contribution in [2.45, 2.75) is 25.4 Å². The maximum atomic E-state index is 14.1. The van der Waals surface area contributed by atoms with Crippen molar-refractivity contribution in [3.8, 4) is 34.8 Å². The number of amides is 2. The number of nitriles is 1. The molecule has 10 heteroatoms. The van der Waals surface area contributed by atoms with Crippen LogP contribution in [-0.2, 0) is 17.9 Å². The lowest BCUT2D eigenvalue weighted by Crippen LogP contribution is -2.31. The summed E-state index contributed by atoms with van der Waals surface area (Å²) in [5.74, 6) is 2.77. The van der Waals surface area contributed by atoms with Crippen molar-refractivity contribution in [2.75, 3.05) is 32.8 Å². The highest BCUT2D eigenvalue weighted by molar-refractivity contribution is 5.98. The van der Waals surface area contributed by atoms with Crippen molar-refractivity contribution < 1.29 is 28.5 Å². The topological polar surface area (TPSA) is 114 Å². The van der Waals surface area contributed by atoms with Crippen LogP contribution in [0.4, 0.5) is 5.82 Å². The zero-order valence-electron chi connectivity index (χ0n) is 28.0. The Bertz CT molecular complexity index is 1970. The molecule has 50 heavy (non-hydrogen) atoms. The summed E-state index contributed by atoms with van der Waals surface area (Å²) < 4.78 is 22.3. The smallest absolute Gasteiger partial charge is 0.254 e. The summed E-state index contributed by atoms with van der Waals surface area (Å²) in [5.41, 5.74) is 3.58. The highest BCUT2D eigenvalue weighted by Gasteiger charge is 2.33. The lowest BCUT2D eigenvalue weighted by Gasteiger charge is -2.24. The zero-order chi connectivity index (χ0) is 35.0. The highest BCUT2D eigenvalue weighted by atomic mass is 16.5. The molecule has 6 rings (SSSR count). The van der Waals surface area contributed by atoms with E-state index in [9.17, 15) is 14.9 Å². The monoisotopic (exact) mass is 668 g/mol. The van der Waals surface area contributed by atoms with E-state index in [-0.39, 0.29) is 24.2 Å². The number of hydrogen-bond donors (Lipinski definition) is 0. The Hall–Kier alpha value is -6.34. The van der Waals surface area contributed by atoms with Crippen molar-refractivity contribution in [1.29, 1.82) is 5.26 Å². The molecule has 10 nitrogen and oxygen atoms in total. The molecular formula is C40H36N4O6. The number of benzene rings is 4. The van der Waals surface area contributed by atoms with Crippen LogP contribution in [0.15, 0.2) is 109 Å². The van der Waals surface area contributed by atoms with Crippen LogP contribution in [0.3, 0.4) is 0 Å². The average Bonchev–Trinajstić information content (AvgIpc) is 3.56. The molecule has 5 aromatic rings. The minimum atomic E-state index is -0.196. The molecule has 1 aromatic heterocycles. The summed E-state index contributed by atoms with van der Waals surface area (Å²) in [4.78, 5) is 35.4. The lowest BCUT2D eigenvalue weighted by atomic mass is 9.98. The Morgan fingerprint density at radius 2 is 1.48 bits per heavy atom. The molecule has 0 spiro atoms. The van der Waals surface area contributed by atoms with Gasteiger partial charge >= 0.3 is 0 Å². The van der Waals surface area contributed by atoms with Crippen molar-refractivity contribution >= 4 is 17.6 Å². The summed E-state index contributed by atoms with van der Waals surface area (Å²) in [6.07, 6.45) is 1.82. The summed E-state index contributed by atoms with van der Waals surface area (Å²) in [6, 6.07) is 33.2. The van der Waals surface area contributed by atoms with Crippen molar-refractivity contribution in [2.24, 2.45) is 0 Å². The van der Waals surface area contributed by atoms with Crippen LogP contribution < -0.4 is 23.8 Å². The number of carbonyl (C=O) groups is 2. The molecule has 1 unspecified atom stereocenters. The molecule has 1 atom stereocenters. The van der Waals surface area contributed by atoms with Gasteiger partial charge in [0.1, 0.15) is 29.1 Å². The highest BCUT2D eigenvalue weighted by Crippen LogP contribution is 2.39. The standard InChI is InChI=1S/C40H36N4O6/c1-47-33-13-8-27(9-14-33)24-43(25-28-10-15-34(48-2)16-11-28)40(46)30-18-19-42-38(21-30)44-26-32(22-39(44)45)29-12-17-36(49-3)37(20-29)50-35-7-5-4-6-31(35)23-41/h4-21,32H,22,24-26H2,1-3H3. The molecule has 0 aliphatic carbocycles. The predicted molar refractivity (Wildman–Crippen MR) is 188 cm³/mol.